The molecule has 0 bridgehead atoms. The summed E-state index contributed by atoms with van der Waals surface area (Å²) in [5, 5.41) is 36.2. The van der Waals surface area contributed by atoms with Crippen LogP contribution < -0.4 is 0 Å². The fourth-order valence-corrected chi connectivity index (χ4v) is 1.32. The molecule has 0 saturated heterocycles. The van der Waals surface area contributed by atoms with Crippen LogP contribution in [0.2, 0.25) is 0 Å². The summed E-state index contributed by atoms with van der Waals surface area (Å²) in [5.74, 6) is -0.242. The molecule has 0 saturated carbocycles. The normalized spacial score (nSPS) is 18.5. The molecular weight excluding hydrogens is 208 g/mol. The highest BCUT2D eigenvalue weighted by Gasteiger charge is 2.38. The van der Waals surface area contributed by atoms with Crippen LogP contribution in [0.25, 0.3) is 0 Å². The standard InChI is InChI=1S/C11H12N2O3/c1-2-3-4-16-11-9(14)8(10(11)15)7(5-12)6-13/h9,14-15H,2-4H2,1H3. The van der Waals surface area contributed by atoms with E-state index in [1.165, 1.54) is 0 Å². The fraction of sp³-hybridized carbons (Fsp3) is 0.455. The number of hydrogen-bond acceptors (Lipinski definition) is 5. The van der Waals surface area contributed by atoms with Crippen LogP contribution in [0.1, 0.15) is 19.8 Å². The maximum Gasteiger partial charge on any atom is 0.171 e. The largest absolute Gasteiger partial charge is 0.504 e. The maximum atomic E-state index is 9.57. The number of nitriles is 2. The van der Waals surface area contributed by atoms with Crippen LogP contribution in [0.4, 0.5) is 0 Å². The molecule has 1 aliphatic rings. The van der Waals surface area contributed by atoms with E-state index >= 15 is 0 Å². The molecule has 1 unspecified atom stereocenters. The summed E-state index contributed by atoms with van der Waals surface area (Å²) in [4.78, 5) is 0. The monoisotopic (exact) mass is 220 g/mol. The Bertz CT molecular complexity index is 407. The van der Waals surface area contributed by atoms with Crippen LogP contribution >= 0.6 is 0 Å². The van der Waals surface area contributed by atoms with Gasteiger partial charge in [-0.2, -0.15) is 10.5 Å². The van der Waals surface area contributed by atoms with Crippen LogP contribution in [-0.2, 0) is 4.74 Å². The van der Waals surface area contributed by atoms with E-state index in [1.54, 1.807) is 12.1 Å². The van der Waals surface area contributed by atoms with Gasteiger partial charge in [0, 0.05) is 0 Å². The van der Waals surface area contributed by atoms with Gasteiger partial charge in [-0.25, -0.2) is 0 Å². The third-order valence-corrected chi connectivity index (χ3v) is 2.26. The van der Waals surface area contributed by atoms with E-state index in [2.05, 4.69) is 0 Å². The van der Waals surface area contributed by atoms with Crippen LogP contribution in [0.3, 0.4) is 0 Å². The second-order valence-electron chi connectivity index (χ2n) is 3.33. The van der Waals surface area contributed by atoms with Crippen molar-refractivity contribution in [1.82, 2.24) is 0 Å². The van der Waals surface area contributed by atoms with E-state index in [-0.39, 0.29) is 22.7 Å². The summed E-state index contributed by atoms with van der Waals surface area (Å²) in [7, 11) is 0. The third-order valence-electron chi connectivity index (χ3n) is 2.26. The number of unbranched alkanes of at least 4 members (excludes halogenated alkanes) is 1. The highest BCUT2D eigenvalue weighted by molar-refractivity contribution is 5.57. The Morgan fingerprint density at radius 3 is 2.50 bits per heavy atom. The SMILES string of the molecule is CCCCOC1=C(O)C(=C(C#N)C#N)C1O. The molecule has 0 heterocycles. The van der Waals surface area contributed by atoms with Crippen LogP contribution in [-0.4, -0.2) is 22.9 Å². The molecule has 0 fully saturated rings. The number of aliphatic hydroxyl groups excluding tert-OH is 2. The topological polar surface area (TPSA) is 97.3 Å². The molecular formula is C11H12N2O3. The van der Waals surface area contributed by atoms with Gasteiger partial charge in [-0.15, -0.1) is 0 Å². The predicted octanol–water partition coefficient (Wildman–Crippen LogP) is 1.29. The minimum atomic E-state index is -1.16. The van der Waals surface area contributed by atoms with Gasteiger partial charge < -0.3 is 14.9 Å². The minimum Gasteiger partial charge on any atom is -0.504 e. The van der Waals surface area contributed by atoms with Crippen molar-refractivity contribution in [2.45, 2.75) is 25.9 Å². The first kappa shape index (κ1) is 12.1. The lowest BCUT2D eigenvalue weighted by Crippen LogP contribution is -2.30. The number of nitrogens with zero attached hydrogens (tertiary/aromatic N) is 2. The number of ether oxygens (including phenoxy) is 1. The zero-order valence-electron chi connectivity index (χ0n) is 8.90. The van der Waals surface area contributed by atoms with Gasteiger partial charge in [0.05, 0.1) is 12.2 Å². The Kier molecular flexibility index (Phi) is 3.93. The van der Waals surface area contributed by atoms with E-state index in [0.29, 0.717) is 6.61 Å². The molecule has 1 rings (SSSR count). The number of hydrogen-bond donors (Lipinski definition) is 2. The molecule has 0 spiro atoms. The first-order chi connectivity index (χ1) is 7.67. The Morgan fingerprint density at radius 1 is 1.44 bits per heavy atom. The highest BCUT2D eigenvalue weighted by Crippen LogP contribution is 2.35. The number of rotatable bonds is 4. The van der Waals surface area contributed by atoms with Crippen molar-refractivity contribution in [2.75, 3.05) is 6.61 Å². The molecule has 0 aromatic carbocycles. The molecule has 5 nitrogen and oxygen atoms in total. The lowest BCUT2D eigenvalue weighted by molar-refractivity contribution is 0.0783. The van der Waals surface area contributed by atoms with Crippen molar-refractivity contribution in [3.63, 3.8) is 0 Å². The summed E-state index contributed by atoms with van der Waals surface area (Å²) in [6.45, 7) is 2.39. The molecule has 2 N–H and O–H groups in total. The summed E-state index contributed by atoms with van der Waals surface area (Å²) in [6, 6.07) is 3.22. The minimum absolute atomic E-state index is 0.0449. The zero-order valence-corrected chi connectivity index (χ0v) is 8.90. The van der Waals surface area contributed by atoms with E-state index < -0.39 is 6.10 Å². The second-order valence-corrected chi connectivity index (χ2v) is 3.33. The third kappa shape index (κ3) is 2.00. The maximum absolute atomic E-state index is 9.57. The predicted molar refractivity (Wildman–Crippen MR) is 54.8 cm³/mol. The van der Waals surface area contributed by atoms with Gasteiger partial charge in [-0.1, -0.05) is 13.3 Å². The summed E-state index contributed by atoms with van der Waals surface area (Å²) < 4.78 is 5.14. The van der Waals surface area contributed by atoms with Crippen molar-refractivity contribution in [2.24, 2.45) is 0 Å². The lowest BCUT2D eigenvalue weighted by Gasteiger charge is -2.28. The van der Waals surface area contributed by atoms with Crippen LogP contribution in [0, 0.1) is 22.7 Å². The van der Waals surface area contributed by atoms with Gasteiger partial charge in [-0.3, -0.25) is 0 Å². The van der Waals surface area contributed by atoms with Gasteiger partial charge in [0.15, 0.2) is 11.5 Å². The van der Waals surface area contributed by atoms with Crippen molar-refractivity contribution in [1.29, 1.82) is 10.5 Å². The summed E-state index contributed by atoms with van der Waals surface area (Å²) in [5.41, 5.74) is -0.329. The molecule has 0 radical (unpaired) electrons. The van der Waals surface area contributed by atoms with Gasteiger partial charge in [0.2, 0.25) is 0 Å². The first-order valence-electron chi connectivity index (χ1n) is 4.96. The molecule has 5 heteroatoms. The Balaban J connectivity index is 2.82. The van der Waals surface area contributed by atoms with E-state index in [0.717, 1.165) is 12.8 Å². The van der Waals surface area contributed by atoms with Crippen molar-refractivity contribution >= 4 is 0 Å². The lowest BCUT2D eigenvalue weighted by atomic mass is 9.89. The fourth-order valence-electron chi connectivity index (χ4n) is 1.32. The molecule has 0 aromatic heterocycles. The number of aliphatic hydroxyl groups is 2. The molecule has 1 atom stereocenters. The molecule has 0 aliphatic heterocycles. The molecule has 0 amide bonds. The summed E-state index contributed by atoms with van der Waals surface area (Å²) >= 11 is 0. The summed E-state index contributed by atoms with van der Waals surface area (Å²) in [6.07, 6.45) is 0.589. The van der Waals surface area contributed by atoms with E-state index in [4.69, 9.17) is 15.3 Å². The highest BCUT2D eigenvalue weighted by atomic mass is 16.5. The van der Waals surface area contributed by atoms with Gasteiger partial charge in [0.1, 0.15) is 23.8 Å². The van der Waals surface area contributed by atoms with Gasteiger partial charge in [-0.05, 0) is 6.42 Å². The van der Waals surface area contributed by atoms with E-state index in [1.807, 2.05) is 6.92 Å². The quantitative estimate of drug-likeness (QED) is 0.549. The number of allylic oxidation sites excluding steroid dienone is 1. The Labute approximate surface area is 93.5 Å². The molecule has 0 aromatic rings. The smallest absolute Gasteiger partial charge is 0.171 e. The molecule has 84 valence electrons. The average molecular weight is 220 g/mol. The Hall–Kier alpha value is -1.98. The Morgan fingerprint density at radius 2 is 2.06 bits per heavy atom. The van der Waals surface area contributed by atoms with Gasteiger partial charge in [0.25, 0.3) is 0 Å². The zero-order chi connectivity index (χ0) is 12.1. The van der Waals surface area contributed by atoms with E-state index in [9.17, 15) is 10.2 Å². The first-order valence-corrected chi connectivity index (χ1v) is 4.96. The van der Waals surface area contributed by atoms with Crippen molar-refractivity contribution < 1.29 is 14.9 Å². The molecule has 1 aliphatic carbocycles. The van der Waals surface area contributed by atoms with Gasteiger partial charge >= 0.3 is 0 Å². The average Bonchev–Trinajstić information content (AvgIpc) is 2.31. The second kappa shape index (κ2) is 5.20. The van der Waals surface area contributed by atoms with Crippen LogP contribution in [0.15, 0.2) is 22.7 Å². The van der Waals surface area contributed by atoms with Crippen molar-refractivity contribution in [3.8, 4) is 12.1 Å². The van der Waals surface area contributed by atoms with Crippen molar-refractivity contribution in [3.05, 3.63) is 22.7 Å². The van der Waals surface area contributed by atoms with Crippen LogP contribution in [0.5, 0.6) is 0 Å². The molecule has 16 heavy (non-hydrogen) atoms.